The standard InChI is InChI=1S/C17H17N/c1-14-11-12-16-9-5-6-10-17(16)18(14)13-15-7-3-2-4-8-15/h2-11H,12-13H2,1H3. The van der Waals surface area contributed by atoms with Crippen LogP contribution in [0.3, 0.4) is 0 Å². The molecular weight excluding hydrogens is 218 g/mol. The van der Waals surface area contributed by atoms with Crippen LogP contribution in [-0.2, 0) is 13.0 Å². The number of para-hydroxylation sites is 1. The zero-order chi connectivity index (χ0) is 12.4. The Hall–Kier alpha value is -2.02. The minimum absolute atomic E-state index is 0.945. The Morgan fingerprint density at radius 2 is 1.67 bits per heavy atom. The van der Waals surface area contributed by atoms with Crippen molar-refractivity contribution in [3.63, 3.8) is 0 Å². The van der Waals surface area contributed by atoms with Crippen LogP contribution in [0.15, 0.2) is 66.4 Å². The van der Waals surface area contributed by atoms with Crippen LogP contribution in [0, 0.1) is 0 Å². The van der Waals surface area contributed by atoms with E-state index in [0.29, 0.717) is 0 Å². The third-order valence-electron chi connectivity index (χ3n) is 3.51. The highest BCUT2D eigenvalue weighted by atomic mass is 15.1. The zero-order valence-corrected chi connectivity index (χ0v) is 10.6. The number of hydrogen-bond donors (Lipinski definition) is 0. The molecule has 0 saturated carbocycles. The van der Waals surface area contributed by atoms with E-state index in [1.807, 2.05) is 0 Å². The van der Waals surface area contributed by atoms with Crippen LogP contribution in [0.2, 0.25) is 0 Å². The summed E-state index contributed by atoms with van der Waals surface area (Å²) in [6.07, 6.45) is 3.36. The summed E-state index contributed by atoms with van der Waals surface area (Å²) in [5.74, 6) is 0. The number of nitrogens with zero attached hydrogens (tertiary/aromatic N) is 1. The minimum Gasteiger partial charge on any atom is -0.341 e. The Morgan fingerprint density at radius 1 is 0.944 bits per heavy atom. The molecule has 0 radical (unpaired) electrons. The van der Waals surface area contributed by atoms with Gasteiger partial charge < -0.3 is 4.90 Å². The highest BCUT2D eigenvalue weighted by molar-refractivity contribution is 5.61. The van der Waals surface area contributed by atoms with Crippen LogP contribution in [0.5, 0.6) is 0 Å². The fourth-order valence-electron chi connectivity index (χ4n) is 2.48. The molecule has 0 fully saturated rings. The van der Waals surface area contributed by atoms with Crippen molar-refractivity contribution < 1.29 is 0 Å². The number of rotatable bonds is 2. The van der Waals surface area contributed by atoms with Crippen LogP contribution in [-0.4, -0.2) is 0 Å². The third-order valence-corrected chi connectivity index (χ3v) is 3.51. The Kier molecular flexibility index (Phi) is 2.89. The van der Waals surface area contributed by atoms with Gasteiger partial charge in [0.2, 0.25) is 0 Å². The maximum atomic E-state index is 2.40. The van der Waals surface area contributed by atoms with Crippen molar-refractivity contribution >= 4 is 5.69 Å². The lowest BCUT2D eigenvalue weighted by Crippen LogP contribution is -2.24. The van der Waals surface area contributed by atoms with Gasteiger partial charge in [-0.05, 0) is 30.5 Å². The maximum absolute atomic E-state index is 2.40. The van der Waals surface area contributed by atoms with Gasteiger partial charge in [0.05, 0.1) is 0 Å². The molecule has 0 N–H and O–H groups in total. The van der Waals surface area contributed by atoms with Crippen LogP contribution < -0.4 is 4.90 Å². The van der Waals surface area contributed by atoms with E-state index in [0.717, 1.165) is 13.0 Å². The monoisotopic (exact) mass is 235 g/mol. The Balaban J connectivity index is 1.95. The van der Waals surface area contributed by atoms with Gasteiger partial charge in [0, 0.05) is 17.9 Å². The molecule has 0 atom stereocenters. The molecule has 1 aliphatic heterocycles. The van der Waals surface area contributed by atoms with Crippen LogP contribution in [0.25, 0.3) is 0 Å². The van der Waals surface area contributed by atoms with Gasteiger partial charge >= 0.3 is 0 Å². The van der Waals surface area contributed by atoms with Gasteiger partial charge in [-0.1, -0.05) is 54.6 Å². The van der Waals surface area contributed by atoms with E-state index >= 15 is 0 Å². The molecule has 0 spiro atoms. The normalized spacial score (nSPS) is 14.1. The first-order valence-corrected chi connectivity index (χ1v) is 6.41. The van der Waals surface area contributed by atoms with Gasteiger partial charge in [0.15, 0.2) is 0 Å². The van der Waals surface area contributed by atoms with Gasteiger partial charge in [-0.15, -0.1) is 0 Å². The van der Waals surface area contributed by atoms with Crippen molar-refractivity contribution in [1.82, 2.24) is 0 Å². The van der Waals surface area contributed by atoms with E-state index in [9.17, 15) is 0 Å². The van der Waals surface area contributed by atoms with Crippen molar-refractivity contribution in [2.45, 2.75) is 19.9 Å². The summed E-state index contributed by atoms with van der Waals surface area (Å²) >= 11 is 0. The molecule has 2 aromatic carbocycles. The van der Waals surface area contributed by atoms with Gasteiger partial charge in [-0.2, -0.15) is 0 Å². The molecule has 0 saturated heterocycles. The average Bonchev–Trinajstić information content (AvgIpc) is 2.43. The molecular formula is C17H17N. The predicted molar refractivity (Wildman–Crippen MR) is 76.5 cm³/mol. The molecule has 0 unspecified atom stereocenters. The molecule has 90 valence electrons. The Morgan fingerprint density at radius 3 is 2.50 bits per heavy atom. The molecule has 1 nitrogen and oxygen atoms in total. The lowest BCUT2D eigenvalue weighted by atomic mass is 10.0. The van der Waals surface area contributed by atoms with E-state index < -0.39 is 0 Å². The molecule has 0 bridgehead atoms. The van der Waals surface area contributed by atoms with Crippen LogP contribution in [0.4, 0.5) is 5.69 Å². The molecule has 2 aromatic rings. The highest BCUT2D eigenvalue weighted by Gasteiger charge is 2.16. The van der Waals surface area contributed by atoms with Crippen molar-refractivity contribution in [2.75, 3.05) is 4.90 Å². The summed E-state index contributed by atoms with van der Waals surface area (Å²) in [6.45, 7) is 3.14. The number of fused-ring (bicyclic) bond motifs is 1. The molecule has 0 aromatic heterocycles. The number of benzene rings is 2. The number of allylic oxidation sites excluding steroid dienone is 2. The largest absolute Gasteiger partial charge is 0.341 e. The summed E-state index contributed by atoms with van der Waals surface area (Å²) < 4.78 is 0. The topological polar surface area (TPSA) is 3.24 Å². The van der Waals surface area contributed by atoms with E-state index in [1.165, 1.54) is 22.5 Å². The van der Waals surface area contributed by atoms with E-state index in [2.05, 4.69) is 72.5 Å². The Bertz CT molecular complexity index is 569. The zero-order valence-electron chi connectivity index (χ0n) is 10.6. The van der Waals surface area contributed by atoms with Gasteiger partial charge in [-0.3, -0.25) is 0 Å². The fraction of sp³-hybridized carbons (Fsp3) is 0.176. The first-order chi connectivity index (χ1) is 8.84. The predicted octanol–water partition coefficient (Wildman–Crippen LogP) is 4.15. The summed E-state index contributed by atoms with van der Waals surface area (Å²) in [7, 11) is 0. The molecule has 1 heterocycles. The van der Waals surface area contributed by atoms with Crippen molar-refractivity contribution in [3.05, 3.63) is 77.5 Å². The lowest BCUT2D eigenvalue weighted by Gasteiger charge is -2.31. The molecule has 18 heavy (non-hydrogen) atoms. The van der Waals surface area contributed by atoms with Crippen molar-refractivity contribution in [3.8, 4) is 0 Å². The number of hydrogen-bond acceptors (Lipinski definition) is 1. The first kappa shape index (κ1) is 11.1. The van der Waals surface area contributed by atoms with Crippen molar-refractivity contribution in [2.24, 2.45) is 0 Å². The van der Waals surface area contributed by atoms with Crippen LogP contribution >= 0.6 is 0 Å². The Labute approximate surface area is 108 Å². The van der Waals surface area contributed by atoms with E-state index in [1.54, 1.807) is 0 Å². The SMILES string of the molecule is CC1=CCc2ccccc2N1Cc1ccccc1. The molecule has 3 rings (SSSR count). The fourth-order valence-corrected chi connectivity index (χ4v) is 2.48. The first-order valence-electron chi connectivity index (χ1n) is 6.41. The quantitative estimate of drug-likeness (QED) is 0.755. The average molecular weight is 235 g/mol. The molecule has 0 amide bonds. The second kappa shape index (κ2) is 4.69. The van der Waals surface area contributed by atoms with Gasteiger partial charge in [0.25, 0.3) is 0 Å². The van der Waals surface area contributed by atoms with Crippen molar-refractivity contribution in [1.29, 1.82) is 0 Å². The highest BCUT2D eigenvalue weighted by Crippen LogP contribution is 2.30. The summed E-state index contributed by atoms with van der Waals surface area (Å²) in [6, 6.07) is 19.3. The maximum Gasteiger partial charge on any atom is 0.0478 e. The molecule has 1 heteroatoms. The second-order valence-corrected chi connectivity index (χ2v) is 4.75. The second-order valence-electron chi connectivity index (χ2n) is 4.75. The lowest BCUT2D eigenvalue weighted by molar-refractivity contribution is 0.877. The number of anilines is 1. The summed E-state index contributed by atoms with van der Waals surface area (Å²) in [5, 5.41) is 0. The van der Waals surface area contributed by atoms with E-state index in [-0.39, 0.29) is 0 Å². The summed E-state index contributed by atoms with van der Waals surface area (Å²) in [4.78, 5) is 2.40. The van der Waals surface area contributed by atoms with Crippen LogP contribution in [0.1, 0.15) is 18.1 Å². The minimum atomic E-state index is 0.945. The summed E-state index contributed by atoms with van der Waals surface area (Å²) in [5.41, 5.74) is 5.46. The van der Waals surface area contributed by atoms with Gasteiger partial charge in [0.1, 0.15) is 0 Å². The van der Waals surface area contributed by atoms with E-state index in [4.69, 9.17) is 0 Å². The smallest absolute Gasteiger partial charge is 0.0478 e. The van der Waals surface area contributed by atoms with Gasteiger partial charge in [-0.25, -0.2) is 0 Å². The molecule has 1 aliphatic rings. The third kappa shape index (κ3) is 2.04. The molecule has 0 aliphatic carbocycles.